The highest BCUT2D eigenvalue weighted by Gasteiger charge is 2.22. The van der Waals surface area contributed by atoms with Crippen LogP contribution in [-0.2, 0) is 36.7 Å². The number of rotatable bonds is 6. The predicted octanol–water partition coefficient (Wildman–Crippen LogP) is -1.43. The number of nitrogens with zero attached hydrogens (tertiary/aromatic N) is 4. The van der Waals surface area contributed by atoms with E-state index >= 15 is 0 Å². The number of H-pyrrole nitrogens is 1. The maximum absolute atomic E-state index is 12.2. The minimum Gasteiger partial charge on any atom is -0.465 e. The lowest BCUT2D eigenvalue weighted by Gasteiger charge is -2.13. The van der Waals surface area contributed by atoms with Gasteiger partial charge in [-0.05, 0) is 0 Å². The van der Waals surface area contributed by atoms with Crippen LogP contribution in [0.5, 0.6) is 0 Å². The van der Waals surface area contributed by atoms with Crippen LogP contribution in [0.3, 0.4) is 0 Å². The Morgan fingerprint density at radius 3 is 2.60 bits per heavy atom. The number of nitrogens with one attached hydrogen (secondary N) is 2. The second kappa shape index (κ2) is 8.19. The van der Waals surface area contributed by atoms with Gasteiger partial charge in [0.1, 0.15) is 11.3 Å². The standard InChI is InChI=1S/C18H20N6O6/c1-22-10(6-14(26)23(2)18(22)29)7-19-13(25)4-5-24-8-11-15(20-21-16(11)27)12(9-24)17(28)30-3/h6,8-9H,4-5,7H2,1-3H3,(H,19,25)(H,21,27). The fourth-order valence-electron chi connectivity index (χ4n) is 2.93. The van der Waals surface area contributed by atoms with Gasteiger partial charge in [0.15, 0.2) is 0 Å². The van der Waals surface area contributed by atoms with Crippen LogP contribution < -0.4 is 22.1 Å². The summed E-state index contributed by atoms with van der Waals surface area (Å²) in [5.41, 5.74) is -0.542. The molecule has 0 aliphatic carbocycles. The molecule has 3 heterocycles. The van der Waals surface area contributed by atoms with Crippen molar-refractivity contribution in [2.75, 3.05) is 7.11 Å². The highest BCUT2D eigenvalue weighted by Crippen LogP contribution is 2.20. The van der Waals surface area contributed by atoms with Gasteiger partial charge in [0.05, 0.1) is 19.2 Å². The van der Waals surface area contributed by atoms with Crippen molar-refractivity contribution in [2.45, 2.75) is 19.5 Å². The van der Waals surface area contributed by atoms with Gasteiger partial charge in [-0.25, -0.2) is 14.7 Å². The molecule has 0 unspecified atom stereocenters. The zero-order chi connectivity index (χ0) is 22.0. The maximum Gasteiger partial charge on any atom is 0.341 e. The summed E-state index contributed by atoms with van der Waals surface area (Å²) in [7, 11) is 4.10. The third-order valence-corrected chi connectivity index (χ3v) is 4.71. The molecule has 158 valence electrons. The van der Waals surface area contributed by atoms with Gasteiger partial charge >= 0.3 is 11.7 Å². The highest BCUT2D eigenvalue weighted by atomic mass is 16.5. The number of pyridine rings is 1. The number of hydrogen-bond donors (Lipinski definition) is 2. The van der Waals surface area contributed by atoms with Gasteiger partial charge < -0.3 is 14.6 Å². The van der Waals surface area contributed by atoms with Gasteiger partial charge in [0.2, 0.25) is 5.91 Å². The molecule has 3 rings (SSSR count). The van der Waals surface area contributed by atoms with Crippen LogP contribution in [0.4, 0.5) is 0 Å². The Hall–Kier alpha value is -3.96. The van der Waals surface area contributed by atoms with Crippen LogP contribution >= 0.6 is 0 Å². The molecule has 0 saturated carbocycles. The normalized spacial score (nSPS) is 10.9. The molecule has 1 amide bonds. The van der Waals surface area contributed by atoms with Crippen LogP contribution in [0.1, 0.15) is 22.5 Å². The molecular formula is C18H20N6O6. The number of amides is 1. The summed E-state index contributed by atoms with van der Waals surface area (Å²) in [6.07, 6.45) is 2.97. The van der Waals surface area contributed by atoms with Crippen molar-refractivity contribution in [3.63, 3.8) is 0 Å². The Kier molecular flexibility index (Phi) is 5.67. The summed E-state index contributed by atoms with van der Waals surface area (Å²) in [5.74, 6) is -0.998. The van der Waals surface area contributed by atoms with Crippen molar-refractivity contribution in [1.82, 2.24) is 29.2 Å². The third kappa shape index (κ3) is 3.92. The molecule has 30 heavy (non-hydrogen) atoms. The molecule has 2 aliphatic heterocycles. The number of fused-ring (bicyclic) bond motifs is 1. The average molecular weight is 416 g/mol. The summed E-state index contributed by atoms with van der Waals surface area (Å²) in [4.78, 5) is 59.8. The van der Waals surface area contributed by atoms with Crippen LogP contribution in [0.15, 0.2) is 32.8 Å². The first-order valence-electron chi connectivity index (χ1n) is 8.92. The fourth-order valence-corrected chi connectivity index (χ4v) is 2.93. The number of esters is 1. The van der Waals surface area contributed by atoms with E-state index in [1.807, 2.05) is 0 Å². The first kappa shape index (κ1) is 20.8. The van der Waals surface area contributed by atoms with E-state index in [-0.39, 0.29) is 42.2 Å². The molecule has 0 fully saturated rings. The maximum atomic E-state index is 12.2. The molecule has 0 bridgehead atoms. The van der Waals surface area contributed by atoms with Crippen LogP contribution in [0, 0.1) is 0 Å². The summed E-state index contributed by atoms with van der Waals surface area (Å²) in [6, 6.07) is 1.28. The molecule has 0 saturated heterocycles. The lowest BCUT2D eigenvalue weighted by atomic mass is 10.1. The molecule has 2 N–H and O–H groups in total. The second-order valence-electron chi connectivity index (χ2n) is 6.62. The molecule has 12 nitrogen and oxygen atoms in total. The van der Waals surface area contributed by atoms with E-state index in [0.717, 1.165) is 4.57 Å². The van der Waals surface area contributed by atoms with Gasteiger partial charge in [-0.3, -0.25) is 23.5 Å². The van der Waals surface area contributed by atoms with E-state index in [0.29, 0.717) is 5.69 Å². The Balaban J connectivity index is 1.72. The van der Waals surface area contributed by atoms with Crippen molar-refractivity contribution < 1.29 is 14.3 Å². The third-order valence-electron chi connectivity index (χ3n) is 4.71. The molecule has 1 aromatic rings. The Labute approximate surface area is 169 Å². The monoisotopic (exact) mass is 416 g/mol. The molecule has 12 heteroatoms. The number of carbonyl (C=O) groups excluding carboxylic acids is 2. The first-order chi connectivity index (χ1) is 14.2. The van der Waals surface area contributed by atoms with Crippen LogP contribution in [-0.4, -0.2) is 42.9 Å². The molecule has 0 atom stereocenters. The number of aromatic amines is 1. The van der Waals surface area contributed by atoms with Crippen molar-refractivity contribution in [3.8, 4) is 11.3 Å². The van der Waals surface area contributed by atoms with Crippen molar-refractivity contribution in [1.29, 1.82) is 0 Å². The number of aryl methyl sites for hydroxylation is 1. The smallest absolute Gasteiger partial charge is 0.341 e. The molecule has 0 aromatic carbocycles. The topological polar surface area (TPSA) is 150 Å². The predicted molar refractivity (Wildman–Crippen MR) is 104 cm³/mol. The van der Waals surface area contributed by atoms with E-state index in [2.05, 4.69) is 15.5 Å². The largest absolute Gasteiger partial charge is 0.465 e. The molecule has 1 aromatic heterocycles. The van der Waals surface area contributed by atoms with E-state index in [1.165, 1.54) is 48.8 Å². The fraction of sp³-hybridized carbons (Fsp3) is 0.333. The van der Waals surface area contributed by atoms with Gasteiger partial charge in [-0.15, -0.1) is 0 Å². The summed E-state index contributed by atoms with van der Waals surface area (Å²) < 4.78 is 8.49. The number of carbonyl (C=O) groups is 2. The summed E-state index contributed by atoms with van der Waals surface area (Å²) in [6.45, 7) is 0.177. The Morgan fingerprint density at radius 2 is 1.90 bits per heavy atom. The van der Waals surface area contributed by atoms with Crippen LogP contribution in [0.25, 0.3) is 11.3 Å². The number of methoxy groups -OCH3 is 1. The Bertz CT molecular complexity index is 1260. The zero-order valence-corrected chi connectivity index (χ0v) is 16.6. The van der Waals surface area contributed by atoms with Crippen molar-refractivity contribution >= 4 is 11.9 Å². The van der Waals surface area contributed by atoms with E-state index in [4.69, 9.17) is 4.74 Å². The SMILES string of the molecule is COC(=O)c1cn(CCC(=O)NCc2cc(=O)n(C)c(=O)n2C)cc2c(=O)[nH]nc1-2. The second-order valence-corrected chi connectivity index (χ2v) is 6.62. The summed E-state index contributed by atoms with van der Waals surface area (Å²) >= 11 is 0. The lowest BCUT2D eigenvalue weighted by Crippen LogP contribution is -2.39. The lowest BCUT2D eigenvalue weighted by molar-refractivity contribution is -0.121. The minimum absolute atomic E-state index is 0.00417. The Morgan fingerprint density at radius 1 is 1.17 bits per heavy atom. The molecular weight excluding hydrogens is 396 g/mol. The number of ether oxygens (including phenoxy) is 1. The molecule has 0 radical (unpaired) electrons. The van der Waals surface area contributed by atoms with E-state index < -0.39 is 22.8 Å². The average Bonchev–Trinajstić information content (AvgIpc) is 3.11. The van der Waals surface area contributed by atoms with Crippen LogP contribution in [0.2, 0.25) is 0 Å². The van der Waals surface area contributed by atoms with E-state index in [9.17, 15) is 24.0 Å². The van der Waals surface area contributed by atoms with Crippen molar-refractivity contribution in [2.24, 2.45) is 14.1 Å². The molecule has 0 spiro atoms. The first-order valence-corrected chi connectivity index (χ1v) is 8.92. The number of aromatic nitrogens is 5. The van der Waals surface area contributed by atoms with E-state index in [1.54, 1.807) is 0 Å². The van der Waals surface area contributed by atoms with Gasteiger partial charge in [-0.1, -0.05) is 0 Å². The molecule has 2 aliphatic rings. The highest BCUT2D eigenvalue weighted by molar-refractivity contribution is 5.95. The van der Waals surface area contributed by atoms with Gasteiger partial charge in [0.25, 0.3) is 11.1 Å². The summed E-state index contributed by atoms with van der Waals surface area (Å²) in [5, 5.41) is 8.76. The zero-order valence-electron chi connectivity index (χ0n) is 16.6. The quantitative estimate of drug-likeness (QED) is 0.468. The number of hydrogen-bond acceptors (Lipinski definition) is 7. The van der Waals surface area contributed by atoms with Gasteiger partial charge in [-0.2, -0.15) is 5.10 Å². The van der Waals surface area contributed by atoms with Gasteiger partial charge in [0, 0.05) is 51.2 Å². The minimum atomic E-state index is -0.656. The van der Waals surface area contributed by atoms with Crippen molar-refractivity contribution in [3.05, 3.63) is 60.9 Å².